The minimum atomic E-state index is -0.0679. The first-order valence-corrected chi connectivity index (χ1v) is 10.5. The highest BCUT2D eigenvalue weighted by Gasteiger charge is 2.25. The zero-order valence-electron chi connectivity index (χ0n) is 15.3. The summed E-state index contributed by atoms with van der Waals surface area (Å²) in [7, 11) is 0. The normalized spacial score (nSPS) is 21.6. The monoisotopic (exact) mass is 424 g/mol. The Hall–Kier alpha value is -1.11. The third kappa shape index (κ3) is 5.96. The van der Waals surface area contributed by atoms with Gasteiger partial charge in [0.15, 0.2) is 0 Å². The number of halogens is 1. The summed E-state index contributed by atoms with van der Waals surface area (Å²) in [4.78, 5) is 14.3. The van der Waals surface area contributed by atoms with Crippen LogP contribution in [-0.2, 0) is 9.47 Å². The Labute approximate surface area is 164 Å². The molecule has 1 heterocycles. The van der Waals surface area contributed by atoms with E-state index in [0.717, 1.165) is 23.1 Å². The Morgan fingerprint density at radius 3 is 2.96 bits per heavy atom. The summed E-state index contributed by atoms with van der Waals surface area (Å²) in [6, 6.07) is 8.07. The summed E-state index contributed by atoms with van der Waals surface area (Å²) in [5.41, 5.74) is 1.10. The number of rotatable bonds is 6. The van der Waals surface area contributed by atoms with E-state index in [1.807, 2.05) is 23.1 Å². The van der Waals surface area contributed by atoms with Gasteiger partial charge in [0.2, 0.25) is 0 Å². The molecule has 5 nitrogen and oxygen atoms in total. The molecule has 26 heavy (non-hydrogen) atoms. The smallest absolute Gasteiger partial charge is 0.317 e. The van der Waals surface area contributed by atoms with Crippen LogP contribution in [0.3, 0.4) is 0 Å². The number of hydrogen-bond acceptors (Lipinski definition) is 3. The average molecular weight is 425 g/mol. The Morgan fingerprint density at radius 2 is 2.15 bits per heavy atom. The Balaban J connectivity index is 1.36. The van der Waals surface area contributed by atoms with E-state index in [1.54, 1.807) is 0 Å². The van der Waals surface area contributed by atoms with E-state index >= 15 is 0 Å². The molecule has 2 amide bonds. The van der Waals surface area contributed by atoms with E-state index in [1.165, 1.54) is 32.1 Å². The van der Waals surface area contributed by atoms with Crippen molar-refractivity contribution in [1.82, 2.24) is 10.2 Å². The zero-order chi connectivity index (χ0) is 18.2. The molecule has 1 N–H and O–H groups in total. The summed E-state index contributed by atoms with van der Waals surface area (Å²) in [5.74, 6) is 0. The van der Waals surface area contributed by atoms with E-state index in [9.17, 15) is 4.79 Å². The van der Waals surface area contributed by atoms with Crippen LogP contribution in [0.15, 0.2) is 28.7 Å². The Bertz CT molecular complexity index is 578. The molecule has 0 aromatic heterocycles. The van der Waals surface area contributed by atoms with Gasteiger partial charge in [0.05, 0.1) is 19.3 Å². The Morgan fingerprint density at radius 1 is 1.31 bits per heavy atom. The maximum absolute atomic E-state index is 12.4. The average Bonchev–Trinajstić information content (AvgIpc) is 2.68. The molecular weight excluding hydrogens is 396 g/mol. The van der Waals surface area contributed by atoms with Crippen LogP contribution in [-0.4, -0.2) is 49.9 Å². The predicted octanol–water partition coefficient (Wildman–Crippen LogP) is 4.27. The summed E-state index contributed by atoms with van der Waals surface area (Å²) in [6.07, 6.45) is 7.54. The van der Waals surface area contributed by atoms with Crippen LogP contribution in [0.1, 0.15) is 50.2 Å². The summed E-state index contributed by atoms with van der Waals surface area (Å²) in [5, 5.41) is 3.02. The van der Waals surface area contributed by atoms with E-state index < -0.39 is 0 Å². The van der Waals surface area contributed by atoms with Gasteiger partial charge >= 0.3 is 6.03 Å². The molecule has 1 saturated carbocycles. The molecular formula is C20H29BrN2O3. The highest BCUT2D eigenvalue weighted by Crippen LogP contribution is 2.24. The molecule has 2 fully saturated rings. The van der Waals surface area contributed by atoms with Crippen molar-refractivity contribution in [2.75, 3.05) is 32.8 Å². The summed E-state index contributed by atoms with van der Waals surface area (Å²) < 4.78 is 12.8. The minimum Gasteiger partial charge on any atom is -0.378 e. The van der Waals surface area contributed by atoms with Crippen molar-refractivity contribution in [3.05, 3.63) is 34.3 Å². The van der Waals surface area contributed by atoms with Crippen molar-refractivity contribution in [3.8, 4) is 0 Å². The van der Waals surface area contributed by atoms with Gasteiger partial charge < -0.3 is 19.7 Å². The lowest BCUT2D eigenvalue weighted by atomic mass is 9.98. The van der Waals surface area contributed by atoms with Gasteiger partial charge in [-0.05, 0) is 37.0 Å². The fourth-order valence-electron chi connectivity index (χ4n) is 3.60. The third-order valence-corrected chi connectivity index (χ3v) is 5.57. The van der Waals surface area contributed by atoms with Crippen molar-refractivity contribution >= 4 is 22.0 Å². The van der Waals surface area contributed by atoms with E-state index in [4.69, 9.17) is 9.47 Å². The molecule has 1 aliphatic carbocycles. The van der Waals surface area contributed by atoms with Crippen molar-refractivity contribution in [1.29, 1.82) is 0 Å². The minimum absolute atomic E-state index is 0.00837. The van der Waals surface area contributed by atoms with E-state index in [-0.39, 0.29) is 12.1 Å². The molecule has 1 aliphatic heterocycles. The lowest BCUT2D eigenvalue weighted by molar-refractivity contribution is -0.0156. The number of nitrogens with zero attached hydrogens (tertiary/aromatic N) is 1. The van der Waals surface area contributed by atoms with Gasteiger partial charge in [0.1, 0.15) is 6.10 Å². The maximum Gasteiger partial charge on any atom is 0.317 e. The number of amides is 2. The van der Waals surface area contributed by atoms with Gasteiger partial charge in [-0.15, -0.1) is 0 Å². The molecule has 3 rings (SSSR count). The SMILES string of the molecule is O=C(NCCCOC1CCCCC1)N1CCOC(c2cccc(Br)c2)C1. The van der Waals surface area contributed by atoms with Gasteiger partial charge in [-0.25, -0.2) is 4.79 Å². The molecule has 2 aliphatic rings. The number of carbonyl (C=O) groups excluding carboxylic acids is 1. The summed E-state index contributed by atoms with van der Waals surface area (Å²) in [6.45, 7) is 3.17. The highest BCUT2D eigenvalue weighted by molar-refractivity contribution is 9.10. The zero-order valence-corrected chi connectivity index (χ0v) is 16.9. The molecule has 1 atom stereocenters. The first kappa shape index (κ1) is 19.6. The standard InChI is InChI=1S/C20H29BrN2O3/c21-17-7-4-6-16(14-17)19-15-23(11-13-26-19)20(24)22-10-5-12-25-18-8-2-1-3-9-18/h4,6-7,14,18-19H,1-3,5,8-13,15H2,(H,22,24). The first-order valence-electron chi connectivity index (χ1n) is 9.74. The number of urea groups is 1. The topological polar surface area (TPSA) is 50.8 Å². The predicted molar refractivity (Wildman–Crippen MR) is 105 cm³/mol. The largest absolute Gasteiger partial charge is 0.378 e. The molecule has 6 heteroatoms. The quantitative estimate of drug-likeness (QED) is 0.693. The second kappa shape index (κ2) is 10.3. The van der Waals surface area contributed by atoms with Gasteiger partial charge in [-0.2, -0.15) is 0 Å². The molecule has 1 saturated heterocycles. The number of nitrogens with one attached hydrogen (secondary N) is 1. The van der Waals surface area contributed by atoms with E-state index in [0.29, 0.717) is 32.3 Å². The second-order valence-corrected chi connectivity index (χ2v) is 7.99. The van der Waals surface area contributed by atoms with Crippen molar-refractivity contribution in [2.24, 2.45) is 0 Å². The maximum atomic E-state index is 12.4. The molecule has 1 aromatic carbocycles. The molecule has 0 bridgehead atoms. The van der Waals surface area contributed by atoms with Crippen LogP contribution in [0, 0.1) is 0 Å². The van der Waals surface area contributed by atoms with Crippen LogP contribution in [0.25, 0.3) is 0 Å². The fourth-order valence-corrected chi connectivity index (χ4v) is 4.02. The van der Waals surface area contributed by atoms with Gasteiger partial charge in [0, 0.05) is 24.2 Å². The fraction of sp³-hybridized carbons (Fsp3) is 0.650. The lowest BCUT2D eigenvalue weighted by Crippen LogP contribution is -2.47. The molecule has 1 unspecified atom stereocenters. The Kier molecular flexibility index (Phi) is 7.77. The lowest BCUT2D eigenvalue weighted by Gasteiger charge is -2.33. The van der Waals surface area contributed by atoms with Crippen LogP contribution in [0.4, 0.5) is 4.79 Å². The molecule has 0 radical (unpaired) electrons. The van der Waals surface area contributed by atoms with Crippen LogP contribution < -0.4 is 5.32 Å². The van der Waals surface area contributed by atoms with E-state index in [2.05, 4.69) is 27.3 Å². The molecule has 0 spiro atoms. The van der Waals surface area contributed by atoms with Crippen molar-refractivity contribution in [2.45, 2.75) is 50.7 Å². The van der Waals surface area contributed by atoms with Gasteiger partial charge in [-0.3, -0.25) is 0 Å². The molecule has 1 aromatic rings. The van der Waals surface area contributed by atoms with Gasteiger partial charge in [0.25, 0.3) is 0 Å². The van der Waals surface area contributed by atoms with Crippen LogP contribution in [0.2, 0.25) is 0 Å². The van der Waals surface area contributed by atoms with Crippen molar-refractivity contribution < 1.29 is 14.3 Å². The van der Waals surface area contributed by atoms with Crippen molar-refractivity contribution in [3.63, 3.8) is 0 Å². The number of hydrogen-bond donors (Lipinski definition) is 1. The number of benzene rings is 1. The third-order valence-electron chi connectivity index (χ3n) is 5.08. The number of ether oxygens (including phenoxy) is 2. The highest BCUT2D eigenvalue weighted by atomic mass is 79.9. The van der Waals surface area contributed by atoms with Crippen LogP contribution in [0.5, 0.6) is 0 Å². The summed E-state index contributed by atoms with van der Waals surface area (Å²) >= 11 is 3.49. The first-order chi connectivity index (χ1) is 12.7. The molecule has 144 valence electrons. The van der Waals surface area contributed by atoms with Crippen LogP contribution >= 0.6 is 15.9 Å². The number of carbonyl (C=O) groups is 1. The van der Waals surface area contributed by atoms with Gasteiger partial charge in [-0.1, -0.05) is 47.3 Å². The second-order valence-electron chi connectivity index (χ2n) is 7.08. The number of morpholine rings is 1.